The second kappa shape index (κ2) is 5.30. The molecule has 0 bridgehead atoms. The van der Waals surface area contributed by atoms with Crippen molar-refractivity contribution < 1.29 is 0 Å². The van der Waals surface area contributed by atoms with Crippen molar-refractivity contribution in [3.8, 4) is 0 Å². The van der Waals surface area contributed by atoms with Gasteiger partial charge in [-0.05, 0) is 55.4 Å². The van der Waals surface area contributed by atoms with E-state index in [1.165, 1.54) is 30.4 Å². The topological polar surface area (TPSA) is 46.3 Å². The summed E-state index contributed by atoms with van der Waals surface area (Å²) in [4.78, 5) is 2.33. The highest BCUT2D eigenvalue weighted by Gasteiger charge is 2.30. The van der Waals surface area contributed by atoms with Crippen molar-refractivity contribution in [2.45, 2.75) is 44.1 Å². The first-order valence-corrected chi connectivity index (χ1v) is 8.81. The molecule has 5 rings (SSSR count). The molecule has 0 radical (unpaired) electrons. The Labute approximate surface area is 141 Å². The molecule has 0 aliphatic heterocycles. The Bertz CT molecular complexity index is 896. The predicted molar refractivity (Wildman–Crippen MR) is 93.4 cm³/mol. The second-order valence-corrected chi connectivity index (χ2v) is 7.07. The number of rotatable bonds is 3. The number of benzene rings is 1. The molecule has 2 aliphatic carbocycles. The average molecular weight is 319 g/mol. The summed E-state index contributed by atoms with van der Waals surface area (Å²) in [5.41, 5.74) is 3.83. The number of aromatic nitrogens is 4. The van der Waals surface area contributed by atoms with Gasteiger partial charge in [0.1, 0.15) is 5.82 Å². The van der Waals surface area contributed by atoms with E-state index < -0.39 is 0 Å². The van der Waals surface area contributed by atoms with Crippen molar-refractivity contribution in [3.05, 3.63) is 53.3 Å². The van der Waals surface area contributed by atoms with Crippen LogP contribution in [-0.4, -0.2) is 32.9 Å². The average Bonchev–Trinajstić information content (AvgIpc) is 3.39. The third-order valence-electron chi connectivity index (χ3n) is 5.45. The Hall–Kier alpha value is -2.43. The molecule has 0 saturated heterocycles. The molecule has 1 atom stereocenters. The molecule has 2 aliphatic rings. The number of anilines is 1. The van der Waals surface area contributed by atoms with Crippen LogP contribution in [0.1, 0.15) is 42.1 Å². The minimum absolute atomic E-state index is 0.491. The Kier molecular flexibility index (Phi) is 3.08. The monoisotopic (exact) mass is 319 g/mol. The van der Waals surface area contributed by atoms with Crippen LogP contribution in [0.15, 0.2) is 36.4 Å². The van der Waals surface area contributed by atoms with E-state index in [1.54, 1.807) is 0 Å². The Balaban J connectivity index is 1.45. The molecule has 1 aromatic carbocycles. The molecule has 1 fully saturated rings. The van der Waals surface area contributed by atoms with Gasteiger partial charge in [-0.1, -0.05) is 24.3 Å². The van der Waals surface area contributed by atoms with Crippen molar-refractivity contribution in [1.29, 1.82) is 0 Å². The SMILES string of the molecule is CN(c1ccc2nnc(C3CC3)n2n1)C1CCc2ccccc2C1. The highest BCUT2D eigenvalue weighted by Crippen LogP contribution is 2.38. The van der Waals surface area contributed by atoms with E-state index in [9.17, 15) is 0 Å². The molecule has 5 heteroatoms. The number of hydrogen-bond donors (Lipinski definition) is 0. The van der Waals surface area contributed by atoms with E-state index >= 15 is 0 Å². The van der Waals surface area contributed by atoms with Gasteiger partial charge < -0.3 is 4.90 Å². The summed E-state index contributed by atoms with van der Waals surface area (Å²) in [5.74, 6) is 2.58. The van der Waals surface area contributed by atoms with Gasteiger partial charge in [0.05, 0.1) is 0 Å². The number of nitrogens with zero attached hydrogens (tertiary/aromatic N) is 5. The maximum absolute atomic E-state index is 4.85. The second-order valence-electron chi connectivity index (χ2n) is 7.07. The van der Waals surface area contributed by atoms with Crippen molar-refractivity contribution in [1.82, 2.24) is 19.8 Å². The van der Waals surface area contributed by atoms with E-state index in [1.807, 2.05) is 10.6 Å². The predicted octanol–water partition coefficient (Wildman–Crippen LogP) is 3.00. The maximum atomic E-state index is 4.85. The molecule has 2 heterocycles. The molecule has 5 nitrogen and oxygen atoms in total. The molecule has 24 heavy (non-hydrogen) atoms. The lowest BCUT2D eigenvalue weighted by Gasteiger charge is -2.33. The number of hydrogen-bond acceptors (Lipinski definition) is 4. The lowest BCUT2D eigenvalue weighted by atomic mass is 9.88. The molecular formula is C19H21N5. The Morgan fingerprint density at radius 3 is 2.67 bits per heavy atom. The highest BCUT2D eigenvalue weighted by molar-refractivity contribution is 5.47. The van der Waals surface area contributed by atoms with Crippen LogP contribution in [0.4, 0.5) is 5.82 Å². The van der Waals surface area contributed by atoms with Gasteiger partial charge in [-0.3, -0.25) is 0 Å². The van der Waals surface area contributed by atoms with Crippen LogP contribution < -0.4 is 4.90 Å². The molecular weight excluding hydrogens is 298 g/mol. The van der Waals surface area contributed by atoms with Crippen LogP contribution in [0.3, 0.4) is 0 Å². The fourth-order valence-corrected chi connectivity index (χ4v) is 3.78. The van der Waals surface area contributed by atoms with Gasteiger partial charge in [0.15, 0.2) is 11.5 Å². The van der Waals surface area contributed by atoms with Gasteiger partial charge in [-0.25, -0.2) is 0 Å². The van der Waals surface area contributed by atoms with E-state index in [4.69, 9.17) is 5.10 Å². The quantitative estimate of drug-likeness (QED) is 0.744. The number of likely N-dealkylation sites (N-methyl/N-ethyl adjacent to an activating group) is 1. The first-order chi connectivity index (χ1) is 11.8. The third-order valence-corrected chi connectivity index (χ3v) is 5.45. The molecule has 3 aromatic rings. The zero-order chi connectivity index (χ0) is 16.1. The molecule has 122 valence electrons. The summed E-state index contributed by atoms with van der Waals surface area (Å²) in [7, 11) is 2.16. The van der Waals surface area contributed by atoms with Crippen LogP contribution in [0.25, 0.3) is 5.65 Å². The van der Waals surface area contributed by atoms with Crippen LogP contribution in [0, 0.1) is 0 Å². The van der Waals surface area contributed by atoms with Crippen molar-refractivity contribution >= 4 is 11.5 Å². The lowest BCUT2D eigenvalue weighted by Crippen LogP contribution is -2.37. The van der Waals surface area contributed by atoms with Crippen molar-refractivity contribution in [2.24, 2.45) is 0 Å². The highest BCUT2D eigenvalue weighted by atomic mass is 15.4. The Morgan fingerprint density at radius 2 is 1.83 bits per heavy atom. The molecule has 0 N–H and O–H groups in total. The molecule has 2 aromatic heterocycles. The molecule has 1 saturated carbocycles. The van der Waals surface area contributed by atoms with Crippen molar-refractivity contribution in [2.75, 3.05) is 11.9 Å². The van der Waals surface area contributed by atoms with Gasteiger partial charge in [0.2, 0.25) is 0 Å². The van der Waals surface area contributed by atoms with Gasteiger partial charge in [-0.2, -0.15) is 4.52 Å². The molecule has 0 amide bonds. The Morgan fingerprint density at radius 1 is 1.00 bits per heavy atom. The smallest absolute Gasteiger partial charge is 0.178 e. The summed E-state index contributed by atoms with van der Waals surface area (Å²) in [6.07, 6.45) is 5.83. The van der Waals surface area contributed by atoms with Crippen molar-refractivity contribution in [3.63, 3.8) is 0 Å². The summed E-state index contributed by atoms with van der Waals surface area (Å²) in [6, 6.07) is 13.4. The summed E-state index contributed by atoms with van der Waals surface area (Å²) < 4.78 is 1.94. The lowest BCUT2D eigenvalue weighted by molar-refractivity contribution is 0.541. The van der Waals surface area contributed by atoms with E-state index in [0.29, 0.717) is 12.0 Å². The molecule has 1 unspecified atom stereocenters. The van der Waals surface area contributed by atoms with Gasteiger partial charge in [-0.15, -0.1) is 15.3 Å². The van der Waals surface area contributed by atoms with E-state index in [2.05, 4.69) is 52.5 Å². The van der Waals surface area contributed by atoms with Crippen LogP contribution in [0.5, 0.6) is 0 Å². The minimum Gasteiger partial charge on any atom is -0.355 e. The first kappa shape index (κ1) is 14.0. The fraction of sp³-hybridized carbons (Fsp3) is 0.421. The van der Waals surface area contributed by atoms with Crippen LogP contribution >= 0.6 is 0 Å². The van der Waals surface area contributed by atoms with Crippen LogP contribution in [0.2, 0.25) is 0 Å². The zero-order valence-corrected chi connectivity index (χ0v) is 13.9. The van der Waals surface area contributed by atoms with Crippen LogP contribution in [-0.2, 0) is 12.8 Å². The summed E-state index contributed by atoms with van der Waals surface area (Å²) in [6.45, 7) is 0. The van der Waals surface area contributed by atoms with Gasteiger partial charge >= 0.3 is 0 Å². The van der Waals surface area contributed by atoms with E-state index in [0.717, 1.165) is 30.1 Å². The maximum Gasteiger partial charge on any atom is 0.178 e. The number of fused-ring (bicyclic) bond motifs is 2. The largest absolute Gasteiger partial charge is 0.355 e. The molecule has 0 spiro atoms. The van der Waals surface area contributed by atoms with Gasteiger partial charge in [0, 0.05) is 19.0 Å². The summed E-state index contributed by atoms with van der Waals surface area (Å²) >= 11 is 0. The third kappa shape index (κ3) is 2.27. The summed E-state index contributed by atoms with van der Waals surface area (Å²) in [5, 5.41) is 13.4. The minimum atomic E-state index is 0.491. The fourth-order valence-electron chi connectivity index (χ4n) is 3.78. The number of aryl methyl sites for hydroxylation is 1. The zero-order valence-electron chi connectivity index (χ0n) is 13.9. The normalized spacial score (nSPS) is 20.1. The standard InChI is InChI=1S/C19H21N5/c1-23(16-9-8-13-4-2-3-5-15(13)12-16)18-11-10-17-20-21-19(14-6-7-14)24(17)22-18/h2-5,10-11,14,16H,6-9,12H2,1H3. The first-order valence-electron chi connectivity index (χ1n) is 8.81. The van der Waals surface area contributed by atoms with E-state index in [-0.39, 0.29) is 0 Å². The van der Waals surface area contributed by atoms with Gasteiger partial charge in [0.25, 0.3) is 0 Å².